The molecule has 2 unspecified atom stereocenters. The van der Waals surface area contributed by atoms with E-state index in [4.69, 9.17) is 9.15 Å². The van der Waals surface area contributed by atoms with Crippen molar-refractivity contribution in [3.8, 4) is 11.3 Å². The average Bonchev–Trinajstić information content (AvgIpc) is 3.14. The van der Waals surface area contributed by atoms with Crippen LogP contribution in [0.2, 0.25) is 0 Å². The highest BCUT2D eigenvalue weighted by molar-refractivity contribution is 5.76. The lowest BCUT2D eigenvalue weighted by Crippen LogP contribution is -2.36. The molecule has 1 saturated heterocycles. The van der Waals surface area contributed by atoms with Crippen LogP contribution in [0.3, 0.4) is 0 Å². The fourth-order valence-electron chi connectivity index (χ4n) is 2.97. The summed E-state index contributed by atoms with van der Waals surface area (Å²) in [5.41, 5.74) is -0.227. The van der Waals surface area contributed by atoms with Gasteiger partial charge in [-0.3, -0.25) is 9.69 Å². The summed E-state index contributed by atoms with van der Waals surface area (Å²) in [7, 11) is 1.29. The number of methoxy groups -OCH3 is 1. The average molecular weight is 337 g/mol. The molecule has 1 aliphatic heterocycles. The van der Waals surface area contributed by atoms with Gasteiger partial charge in [-0.2, -0.15) is 0 Å². The Morgan fingerprint density at radius 2 is 2.04 bits per heavy atom. The molecule has 1 aliphatic rings. The Kier molecular flexibility index (Phi) is 4.64. The van der Waals surface area contributed by atoms with Crippen LogP contribution in [0.25, 0.3) is 11.3 Å². The van der Waals surface area contributed by atoms with Gasteiger partial charge in [0.15, 0.2) is 0 Å². The van der Waals surface area contributed by atoms with E-state index in [0.717, 1.165) is 12.1 Å². The maximum Gasteiger partial charge on any atom is 0.323 e. The van der Waals surface area contributed by atoms with Crippen molar-refractivity contribution in [2.45, 2.75) is 25.1 Å². The van der Waals surface area contributed by atoms with Gasteiger partial charge in [-0.15, -0.1) is 0 Å². The summed E-state index contributed by atoms with van der Waals surface area (Å²) in [6.45, 7) is 0.525. The molecule has 0 saturated carbocycles. The van der Waals surface area contributed by atoms with Crippen molar-refractivity contribution < 1.29 is 27.8 Å². The first-order valence-corrected chi connectivity index (χ1v) is 7.52. The first-order chi connectivity index (χ1) is 11.5. The summed E-state index contributed by atoms with van der Waals surface area (Å²) in [5.74, 6) is -1.33. The predicted molar refractivity (Wildman–Crippen MR) is 80.9 cm³/mol. The number of nitrogens with zero attached hydrogens (tertiary/aromatic N) is 1. The number of hydrogen-bond acceptors (Lipinski definition) is 5. The van der Waals surface area contributed by atoms with Gasteiger partial charge in [0.25, 0.3) is 0 Å². The number of benzene rings is 1. The lowest BCUT2D eigenvalue weighted by atomic mass is 10.1. The number of likely N-dealkylation sites (tertiary alicyclic amines) is 1. The topological polar surface area (TPSA) is 62.9 Å². The quantitative estimate of drug-likeness (QED) is 0.868. The van der Waals surface area contributed by atoms with E-state index in [2.05, 4.69) is 0 Å². The van der Waals surface area contributed by atoms with Gasteiger partial charge in [0.1, 0.15) is 29.2 Å². The Labute approximate surface area is 137 Å². The minimum atomic E-state index is -0.708. The first kappa shape index (κ1) is 16.6. The van der Waals surface area contributed by atoms with Gasteiger partial charge >= 0.3 is 5.97 Å². The minimum absolute atomic E-state index is 0.0787. The maximum atomic E-state index is 13.8. The molecule has 1 N–H and O–H groups in total. The third-order valence-electron chi connectivity index (χ3n) is 4.08. The SMILES string of the molecule is COC(=O)C1CC(O)CN1Cc1ccc(-c2c(F)cccc2F)o1. The fourth-order valence-corrected chi connectivity index (χ4v) is 2.97. The lowest BCUT2D eigenvalue weighted by Gasteiger charge is -2.20. The molecule has 0 aliphatic carbocycles. The zero-order valence-corrected chi connectivity index (χ0v) is 13.0. The van der Waals surface area contributed by atoms with E-state index in [-0.39, 0.29) is 24.3 Å². The van der Waals surface area contributed by atoms with Gasteiger partial charge in [0.2, 0.25) is 0 Å². The second-order valence-electron chi connectivity index (χ2n) is 5.72. The molecular weight excluding hydrogens is 320 g/mol. The number of β-amino-alcohol motifs (C(OH)–C–C–N with tert-alkyl or cyclic N) is 1. The molecule has 0 amide bonds. The molecule has 1 fully saturated rings. The summed E-state index contributed by atoms with van der Waals surface area (Å²) in [4.78, 5) is 13.5. The summed E-state index contributed by atoms with van der Waals surface area (Å²) >= 11 is 0. The maximum absolute atomic E-state index is 13.8. The summed E-state index contributed by atoms with van der Waals surface area (Å²) in [6.07, 6.45) is -0.352. The van der Waals surface area contributed by atoms with Crippen LogP contribution in [-0.4, -0.2) is 41.8 Å². The molecule has 0 spiro atoms. The Morgan fingerprint density at radius 3 is 2.71 bits per heavy atom. The van der Waals surface area contributed by atoms with Crippen LogP contribution in [0.4, 0.5) is 8.78 Å². The van der Waals surface area contributed by atoms with Crippen molar-refractivity contribution in [2.24, 2.45) is 0 Å². The van der Waals surface area contributed by atoms with E-state index in [0.29, 0.717) is 12.3 Å². The van der Waals surface area contributed by atoms with Crippen LogP contribution >= 0.6 is 0 Å². The van der Waals surface area contributed by atoms with Crippen molar-refractivity contribution in [1.29, 1.82) is 0 Å². The van der Waals surface area contributed by atoms with Gasteiger partial charge in [0, 0.05) is 13.0 Å². The van der Waals surface area contributed by atoms with Gasteiger partial charge in [0.05, 0.1) is 25.3 Å². The third-order valence-corrected chi connectivity index (χ3v) is 4.08. The van der Waals surface area contributed by atoms with Crippen LogP contribution in [0.5, 0.6) is 0 Å². The summed E-state index contributed by atoms with van der Waals surface area (Å²) < 4.78 is 37.9. The second kappa shape index (κ2) is 6.70. The number of esters is 1. The third kappa shape index (κ3) is 3.18. The number of carbonyl (C=O) groups excluding carboxylic acids is 1. The van der Waals surface area contributed by atoms with Crippen LogP contribution in [0, 0.1) is 11.6 Å². The molecule has 24 heavy (non-hydrogen) atoms. The normalized spacial score (nSPS) is 21.2. The number of aliphatic hydroxyl groups is 1. The van der Waals surface area contributed by atoms with Gasteiger partial charge in [-0.25, -0.2) is 8.78 Å². The summed E-state index contributed by atoms with van der Waals surface area (Å²) in [6, 6.07) is 6.11. The number of hydrogen-bond donors (Lipinski definition) is 1. The lowest BCUT2D eigenvalue weighted by molar-refractivity contribution is -0.146. The molecule has 3 rings (SSSR count). The fraction of sp³-hybridized carbons (Fsp3) is 0.353. The molecule has 2 atom stereocenters. The van der Waals surface area contributed by atoms with Gasteiger partial charge in [-0.1, -0.05) is 6.07 Å². The zero-order valence-electron chi connectivity index (χ0n) is 13.0. The van der Waals surface area contributed by atoms with Crippen molar-refractivity contribution >= 4 is 5.97 Å². The predicted octanol–water partition coefficient (Wildman–Crippen LogP) is 2.33. The Hall–Kier alpha value is -2.25. The van der Waals surface area contributed by atoms with E-state index in [9.17, 15) is 18.7 Å². The first-order valence-electron chi connectivity index (χ1n) is 7.52. The molecule has 128 valence electrons. The smallest absolute Gasteiger partial charge is 0.323 e. The molecule has 7 heteroatoms. The number of carbonyl (C=O) groups is 1. The Bertz CT molecular complexity index is 726. The number of furan rings is 1. The number of aliphatic hydroxyl groups excluding tert-OH is 1. The molecule has 1 aromatic carbocycles. The van der Waals surface area contributed by atoms with E-state index in [1.54, 1.807) is 11.0 Å². The van der Waals surface area contributed by atoms with Crippen LogP contribution in [0.1, 0.15) is 12.2 Å². The Morgan fingerprint density at radius 1 is 1.33 bits per heavy atom. The van der Waals surface area contributed by atoms with Crippen LogP contribution in [-0.2, 0) is 16.1 Å². The van der Waals surface area contributed by atoms with Gasteiger partial charge in [-0.05, 0) is 24.3 Å². The van der Waals surface area contributed by atoms with Crippen LogP contribution < -0.4 is 0 Å². The minimum Gasteiger partial charge on any atom is -0.468 e. The zero-order chi connectivity index (χ0) is 17.3. The molecule has 0 radical (unpaired) electrons. The van der Waals surface area contributed by atoms with Crippen molar-refractivity contribution in [1.82, 2.24) is 4.90 Å². The molecule has 2 aromatic rings. The highest BCUT2D eigenvalue weighted by atomic mass is 19.1. The Balaban J connectivity index is 1.80. The van der Waals surface area contributed by atoms with Crippen molar-refractivity contribution in [3.05, 3.63) is 47.7 Å². The number of rotatable bonds is 4. The molecule has 2 heterocycles. The second-order valence-corrected chi connectivity index (χ2v) is 5.72. The van der Waals surface area contributed by atoms with Crippen LogP contribution in [0.15, 0.2) is 34.7 Å². The highest BCUT2D eigenvalue weighted by Gasteiger charge is 2.37. The van der Waals surface area contributed by atoms with E-state index in [1.165, 1.54) is 19.2 Å². The van der Waals surface area contributed by atoms with E-state index >= 15 is 0 Å². The number of halogens is 2. The van der Waals surface area contributed by atoms with E-state index in [1.807, 2.05) is 0 Å². The standard InChI is InChI=1S/C17H17F2NO4/c1-23-17(22)14-7-10(21)8-20(14)9-11-5-6-15(24-11)16-12(18)3-2-4-13(16)19/h2-6,10,14,21H,7-9H2,1H3. The molecular formula is C17H17F2NO4. The summed E-state index contributed by atoms with van der Waals surface area (Å²) in [5, 5.41) is 9.77. The van der Waals surface area contributed by atoms with E-state index < -0.39 is 29.7 Å². The molecule has 1 aromatic heterocycles. The molecule has 0 bridgehead atoms. The number of ether oxygens (including phenoxy) is 1. The molecule has 5 nitrogen and oxygen atoms in total. The monoisotopic (exact) mass is 337 g/mol. The van der Waals surface area contributed by atoms with Crippen molar-refractivity contribution in [2.75, 3.05) is 13.7 Å². The largest absolute Gasteiger partial charge is 0.468 e. The highest BCUT2D eigenvalue weighted by Crippen LogP contribution is 2.29. The van der Waals surface area contributed by atoms with Gasteiger partial charge < -0.3 is 14.3 Å². The van der Waals surface area contributed by atoms with Crippen molar-refractivity contribution in [3.63, 3.8) is 0 Å².